The molecule has 2 heterocycles. The van der Waals surface area contributed by atoms with E-state index in [1.165, 1.54) is 6.07 Å². The number of benzene rings is 1. The summed E-state index contributed by atoms with van der Waals surface area (Å²) in [6.45, 7) is 5.93. The van der Waals surface area contributed by atoms with Gasteiger partial charge in [-0.1, -0.05) is 13.8 Å². The predicted molar refractivity (Wildman–Crippen MR) is 93.3 cm³/mol. The van der Waals surface area contributed by atoms with Crippen LogP contribution in [-0.2, 0) is 4.74 Å². The Morgan fingerprint density at radius 1 is 1.27 bits per heavy atom. The van der Waals surface area contributed by atoms with E-state index in [9.17, 15) is 8.78 Å². The van der Waals surface area contributed by atoms with Crippen LogP contribution in [0.5, 0.6) is 0 Å². The lowest BCUT2D eigenvalue weighted by Gasteiger charge is -2.39. The maximum Gasteiger partial charge on any atom is 0.222 e. The number of aromatic nitrogens is 2. The molecule has 26 heavy (non-hydrogen) atoms. The number of halogens is 2. The summed E-state index contributed by atoms with van der Waals surface area (Å²) in [5.41, 5.74) is 5.71. The Morgan fingerprint density at radius 2 is 1.96 bits per heavy atom. The Kier molecular flexibility index (Phi) is 5.00. The first kappa shape index (κ1) is 18.0. The van der Waals surface area contributed by atoms with E-state index >= 15 is 0 Å². The van der Waals surface area contributed by atoms with Gasteiger partial charge in [0, 0.05) is 18.2 Å². The molecule has 1 atom stereocenters. The Morgan fingerprint density at radius 3 is 2.58 bits per heavy atom. The average molecular weight is 359 g/mol. The lowest BCUT2D eigenvalue weighted by Crippen LogP contribution is -2.48. The zero-order valence-corrected chi connectivity index (χ0v) is 14.5. The number of ether oxygens (including phenoxy) is 1. The Bertz CT molecular complexity index is 842. The van der Waals surface area contributed by atoms with Gasteiger partial charge in [-0.2, -0.15) is 10.2 Å². The molecule has 136 valence electrons. The summed E-state index contributed by atoms with van der Waals surface area (Å²) in [5.74, 6) is -0.962. The predicted octanol–water partition coefficient (Wildman–Crippen LogP) is 2.74. The first-order valence-electron chi connectivity index (χ1n) is 8.29. The summed E-state index contributed by atoms with van der Waals surface area (Å²) < 4.78 is 33.5. The van der Waals surface area contributed by atoms with Gasteiger partial charge in [-0.05, 0) is 18.1 Å². The molecule has 1 aromatic heterocycles. The van der Waals surface area contributed by atoms with Gasteiger partial charge in [0.1, 0.15) is 29.1 Å². The number of hydrogen-bond acceptors (Lipinski definition) is 6. The fourth-order valence-electron chi connectivity index (χ4n) is 3.04. The van der Waals surface area contributed by atoms with Crippen molar-refractivity contribution < 1.29 is 13.5 Å². The minimum Gasteiger partial charge on any atom is -0.377 e. The molecule has 0 aliphatic carbocycles. The number of hydrogen-bond donors (Lipinski definition) is 1. The molecule has 0 bridgehead atoms. The fraction of sp³-hybridized carbons (Fsp3) is 0.389. The van der Waals surface area contributed by atoms with Crippen molar-refractivity contribution in [3.8, 4) is 17.3 Å². The van der Waals surface area contributed by atoms with Gasteiger partial charge in [0.15, 0.2) is 0 Å². The highest BCUT2D eigenvalue weighted by molar-refractivity contribution is 5.66. The summed E-state index contributed by atoms with van der Waals surface area (Å²) in [7, 11) is 0. The molecule has 2 N–H and O–H groups in total. The molecule has 1 saturated heterocycles. The van der Waals surface area contributed by atoms with Crippen LogP contribution in [0.1, 0.15) is 19.4 Å². The van der Waals surface area contributed by atoms with E-state index in [1.54, 1.807) is 6.07 Å². The highest BCUT2D eigenvalue weighted by Crippen LogP contribution is 2.28. The quantitative estimate of drug-likeness (QED) is 0.907. The first-order chi connectivity index (χ1) is 12.4. The monoisotopic (exact) mass is 359 g/mol. The molecule has 1 aromatic carbocycles. The van der Waals surface area contributed by atoms with Gasteiger partial charge in [-0.25, -0.2) is 13.8 Å². The van der Waals surface area contributed by atoms with E-state index in [4.69, 9.17) is 15.7 Å². The molecule has 1 unspecified atom stereocenters. The second-order valence-electron chi connectivity index (χ2n) is 6.48. The standard InChI is InChI=1S/C18H19F2N5O/c1-10(2)16-9-26-4-3-25(16)17-7-15(23-18(22)24-17)11-5-13(19)12(8-21)14(20)6-11/h5-7,10,16H,3-4,9H2,1-2H3,(H2,22,23,24). The summed E-state index contributed by atoms with van der Waals surface area (Å²) in [6, 6.07) is 5.42. The molecular formula is C18H19F2N5O. The van der Waals surface area contributed by atoms with E-state index in [0.717, 1.165) is 12.1 Å². The van der Waals surface area contributed by atoms with Gasteiger partial charge in [0.25, 0.3) is 0 Å². The SMILES string of the molecule is CC(C)C1COCCN1c1cc(-c2cc(F)c(C#N)c(F)c2)nc(N)n1. The number of anilines is 2. The second kappa shape index (κ2) is 7.22. The van der Waals surface area contributed by atoms with Crippen LogP contribution >= 0.6 is 0 Å². The normalized spacial score (nSPS) is 17.4. The third-order valence-electron chi connectivity index (χ3n) is 4.41. The van der Waals surface area contributed by atoms with Crippen LogP contribution in [-0.4, -0.2) is 35.8 Å². The lowest BCUT2D eigenvalue weighted by atomic mass is 10.0. The highest BCUT2D eigenvalue weighted by atomic mass is 19.1. The van der Waals surface area contributed by atoms with Crippen LogP contribution < -0.4 is 10.6 Å². The molecule has 0 amide bonds. The second-order valence-corrected chi connectivity index (χ2v) is 6.48. The van der Waals surface area contributed by atoms with E-state index in [0.29, 0.717) is 37.2 Å². The lowest BCUT2D eigenvalue weighted by molar-refractivity contribution is 0.0802. The zero-order chi connectivity index (χ0) is 18.8. The molecular weight excluding hydrogens is 340 g/mol. The molecule has 1 aliphatic rings. The topological polar surface area (TPSA) is 88.1 Å². The van der Waals surface area contributed by atoms with Gasteiger partial charge in [0.05, 0.1) is 24.9 Å². The minimum atomic E-state index is -0.937. The van der Waals surface area contributed by atoms with Gasteiger partial charge in [-0.15, -0.1) is 0 Å². The summed E-state index contributed by atoms with van der Waals surface area (Å²) in [6.07, 6.45) is 0. The minimum absolute atomic E-state index is 0.0108. The van der Waals surface area contributed by atoms with E-state index in [2.05, 4.69) is 28.7 Å². The van der Waals surface area contributed by atoms with E-state index in [1.807, 2.05) is 0 Å². The maximum atomic E-state index is 14.0. The molecule has 1 aliphatic heterocycles. The van der Waals surface area contributed by atoms with Crippen LogP contribution in [0.25, 0.3) is 11.3 Å². The Labute approximate surface area is 150 Å². The molecule has 0 radical (unpaired) electrons. The van der Waals surface area contributed by atoms with Crippen LogP contribution in [0.15, 0.2) is 18.2 Å². The van der Waals surface area contributed by atoms with Crippen molar-refractivity contribution in [1.82, 2.24) is 9.97 Å². The number of rotatable bonds is 3. The van der Waals surface area contributed by atoms with Crippen molar-refractivity contribution in [2.45, 2.75) is 19.9 Å². The average Bonchev–Trinajstić information content (AvgIpc) is 2.61. The van der Waals surface area contributed by atoms with Gasteiger partial charge in [-0.3, -0.25) is 0 Å². The molecule has 8 heteroatoms. The van der Waals surface area contributed by atoms with Crippen molar-refractivity contribution in [3.63, 3.8) is 0 Å². The molecule has 6 nitrogen and oxygen atoms in total. The van der Waals surface area contributed by atoms with Crippen LogP contribution in [0.2, 0.25) is 0 Å². The fourth-order valence-corrected chi connectivity index (χ4v) is 3.04. The third-order valence-corrected chi connectivity index (χ3v) is 4.41. The van der Waals surface area contributed by atoms with Gasteiger partial charge >= 0.3 is 0 Å². The van der Waals surface area contributed by atoms with Crippen molar-refractivity contribution in [1.29, 1.82) is 5.26 Å². The summed E-state index contributed by atoms with van der Waals surface area (Å²) >= 11 is 0. The number of nitrogens with zero attached hydrogens (tertiary/aromatic N) is 4. The molecule has 0 saturated carbocycles. The molecule has 3 rings (SSSR count). The summed E-state index contributed by atoms with van der Waals surface area (Å²) in [4.78, 5) is 10.5. The third kappa shape index (κ3) is 3.44. The number of morpholine rings is 1. The van der Waals surface area contributed by atoms with Gasteiger partial charge < -0.3 is 15.4 Å². The van der Waals surface area contributed by atoms with Crippen molar-refractivity contribution >= 4 is 11.8 Å². The largest absolute Gasteiger partial charge is 0.377 e. The summed E-state index contributed by atoms with van der Waals surface area (Å²) in [5, 5.41) is 8.81. The highest BCUT2D eigenvalue weighted by Gasteiger charge is 2.27. The van der Waals surface area contributed by atoms with Gasteiger partial charge in [0.2, 0.25) is 5.95 Å². The molecule has 2 aromatic rings. The smallest absolute Gasteiger partial charge is 0.222 e. The maximum absolute atomic E-state index is 14.0. The Hall–Kier alpha value is -2.79. The Balaban J connectivity index is 2.05. The van der Waals surface area contributed by atoms with Crippen molar-refractivity contribution in [2.24, 2.45) is 5.92 Å². The first-order valence-corrected chi connectivity index (χ1v) is 8.29. The van der Waals surface area contributed by atoms with Crippen LogP contribution in [0.3, 0.4) is 0 Å². The van der Waals surface area contributed by atoms with Crippen molar-refractivity contribution in [3.05, 3.63) is 35.4 Å². The van der Waals surface area contributed by atoms with Crippen molar-refractivity contribution in [2.75, 3.05) is 30.4 Å². The van der Waals surface area contributed by atoms with Crippen LogP contribution in [0.4, 0.5) is 20.5 Å². The number of nitrogen functional groups attached to an aromatic ring is 1. The van der Waals surface area contributed by atoms with E-state index < -0.39 is 17.2 Å². The van der Waals surface area contributed by atoms with Crippen LogP contribution in [0, 0.1) is 28.9 Å². The van der Waals surface area contributed by atoms with E-state index in [-0.39, 0.29) is 17.6 Å². The number of nitrogens with two attached hydrogens (primary N) is 1. The molecule has 0 spiro atoms. The zero-order valence-electron chi connectivity index (χ0n) is 14.5. The number of nitriles is 1. The molecule has 1 fully saturated rings.